The van der Waals surface area contributed by atoms with Crippen LogP contribution >= 0.6 is 11.3 Å². The van der Waals surface area contributed by atoms with Crippen molar-refractivity contribution in [2.24, 2.45) is 0 Å². The lowest BCUT2D eigenvalue weighted by Crippen LogP contribution is -2.23. The SMILES string of the molecule is CCNC(Cc1ccc(CC)cc1)c1csc(C)n1. The van der Waals surface area contributed by atoms with Crippen molar-refractivity contribution < 1.29 is 0 Å². The Hall–Kier alpha value is -1.19. The van der Waals surface area contributed by atoms with Crippen molar-refractivity contribution in [3.8, 4) is 0 Å². The van der Waals surface area contributed by atoms with Crippen LogP contribution in [0, 0.1) is 6.92 Å². The van der Waals surface area contributed by atoms with Crippen molar-refractivity contribution in [2.45, 2.75) is 39.7 Å². The van der Waals surface area contributed by atoms with E-state index in [1.165, 1.54) is 16.8 Å². The summed E-state index contributed by atoms with van der Waals surface area (Å²) >= 11 is 1.72. The van der Waals surface area contributed by atoms with Crippen LogP contribution in [0.5, 0.6) is 0 Å². The maximum Gasteiger partial charge on any atom is 0.0898 e. The molecule has 3 heteroatoms. The van der Waals surface area contributed by atoms with E-state index in [1.807, 2.05) is 0 Å². The van der Waals surface area contributed by atoms with E-state index >= 15 is 0 Å². The topological polar surface area (TPSA) is 24.9 Å². The van der Waals surface area contributed by atoms with Crippen molar-refractivity contribution in [1.29, 1.82) is 0 Å². The number of aryl methyl sites for hydroxylation is 2. The Morgan fingerprint density at radius 2 is 1.84 bits per heavy atom. The third-order valence-corrected chi connectivity index (χ3v) is 4.11. The first-order chi connectivity index (χ1) is 9.22. The van der Waals surface area contributed by atoms with Gasteiger partial charge < -0.3 is 5.32 Å². The molecule has 0 fully saturated rings. The van der Waals surface area contributed by atoms with Gasteiger partial charge in [0.2, 0.25) is 0 Å². The van der Waals surface area contributed by atoms with Crippen LogP contribution in [0.25, 0.3) is 0 Å². The minimum atomic E-state index is 0.322. The maximum atomic E-state index is 4.62. The van der Waals surface area contributed by atoms with Gasteiger partial charge in [0.1, 0.15) is 0 Å². The number of nitrogens with zero attached hydrogens (tertiary/aromatic N) is 1. The van der Waals surface area contributed by atoms with Gasteiger partial charge in [-0.15, -0.1) is 11.3 Å². The highest BCUT2D eigenvalue weighted by atomic mass is 32.1. The fourth-order valence-corrected chi connectivity index (χ4v) is 2.88. The zero-order valence-electron chi connectivity index (χ0n) is 11.9. The Morgan fingerprint density at radius 3 is 2.37 bits per heavy atom. The van der Waals surface area contributed by atoms with E-state index in [4.69, 9.17) is 0 Å². The van der Waals surface area contributed by atoms with Crippen LogP contribution in [-0.4, -0.2) is 11.5 Å². The number of aromatic nitrogens is 1. The molecule has 2 rings (SSSR count). The standard InChI is InChI=1S/C16H22N2S/c1-4-13-6-8-14(9-7-13)10-15(17-5-2)16-11-19-12(3)18-16/h6-9,11,15,17H,4-5,10H2,1-3H3. The molecule has 19 heavy (non-hydrogen) atoms. The smallest absolute Gasteiger partial charge is 0.0898 e. The number of rotatable bonds is 6. The maximum absolute atomic E-state index is 4.62. The van der Waals surface area contributed by atoms with E-state index in [-0.39, 0.29) is 0 Å². The van der Waals surface area contributed by atoms with Crippen LogP contribution in [0.2, 0.25) is 0 Å². The second-order valence-electron chi connectivity index (χ2n) is 4.78. The molecule has 0 aliphatic heterocycles. The monoisotopic (exact) mass is 274 g/mol. The molecule has 2 aromatic rings. The van der Waals surface area contributed by atoms with Crippen LogP contribution in [0.1, 0.15) is 41.7 Å². The van der Waals surface area contributed by atoms with Gasteiger partial charge >= 0.3 is 0 Å². The number of hydrogen-bond acceptors (Lipinski definition) is 3. The molecule has 0 saturated carbocycles. The zero-order chi connectivity index (χ0) is 13.7. The third kappa shape index (κ3) is 3.88. The van der Waals surface area contributed by atoms with Crippen molar-refractivity contribution in [3.63, 3.8) is 0 Å². The number of likely N-dealkylation sites (N-methyl/N-ethyl adjacent to an activating group) is 1. The Bertz CT molecular complexity index is 502. The molecular formula is C16H22N2S. The number of thiazole rings is 1. The van der Waals surface area contributed by atoms with Gasteiger partial charge in [0.15, 0.2) is 0 Å². The summed E-state index contributed by atoms with van der Waals surface area (Å²) in [4.78, 5) is 4.62. The number of hydrogen-bond donors (Lipinski definition) is 1. The highest BCUT2D eigenvalue weighted by Crippen LogP contribution is 2.20. The van der Waals surface area contributed by atoms with Crippen molar-refractivity contribution in [2.75, 3.05) is 6.54 Å². The van der Waals surface area contributed by atoms with E-state index in [0.29, 0.717) is 6.04 Å². The highest BCUT2D eigenvalue weighted by molar-refractivity contribution is 7.09. The Morgan fingerprint density at radius 1 is 1.16 bits per heavy atom. The Labute approximate surface area is 119 Å². The van der Waals surface area contributed by atoms with Crippen LogP contribution in [0.15, 0.2) is 29.6 Å². The molecule has 102 valence electrons. The van der Waals surface area contributed by atoms with Crippen LogP contribution < -0.4 is 5.32 Å². The van der Waals surface area contributed by atoms with Gasteiger partial charge in [-0.1, -0.05) is 38.1 Å². The normalized spacial score (nSPS) is 12.6. The first-order valence-corrected chi connectivity index (χ1v) is 7.84. The van der Waals surface area contributed by atoms with Gasteiger partial charge in [0, 0.05) is 5.38 Å². The average Bonchev–Trinajstić information content (AvgIpc) is 2.86. The summed E-state index contributed by atoms with van der Waals surface area (Å²) in [5, 5.41) is 6.84. The van der Waals surface area contributed by atoms with Crippen molar-refractivity contribution in [1.82, 2.24) is 10.3 Å². The molecule has 2 nitrogen and oxygen atoms in total. The van der Waals surface area contributed by atoms with Crippen molar-refractivity contribution >= 4 is 11.3 Å². The number of nitrogens with one attached hydrogen (secondary N) is 1. The minimum absolute atomic E-state index is 0.322. The second kappa shape index (κ2) is 6.83. The molecule has 0 amide bonds. The molecule has 0 spiro atoms. The van der Waals surface area contributed by atoms with Gasteiger partial charge in [-0.05, 0) is 37.4 Å². The summed E-state index contributed by atoms with van der Waals surface area (Å²) in [6.07, 6.45) is 2.10. The minimum Gasteiger partial charge on any atom is -0.309 e. The molecule has 0 aliphatic rings. The van der Waals surface area contributed by atoms with Crippen molar-refractivity contribution in [3.05, 3.63) is 51.5 Å². The lowest BCUT2D eigenvalue weighted by Gasteiger charge is -2.16. The van der Waals surface area contributed by atoms with Crippen LogP contribution in [0.4, 0.5) is 0 Å². The van der Waals surface area contributed by atoms with E-state index < -0.39 is 0 Å². The highest BCUT2D eigenvalue weighted by Gasteiger charge is 2.13. The molecule has 0 radical (unpaired) electrons. The van der Waals surface area contributed by atoms with E-state index in [9.17, 15) is 0 Å². The lowest BCUT2D eigenvalue weighted by atomic mass is 10.0. The molecule has 1 N–H and O–H groups in total. The predicted octanol–water partition coefficient (Wildman–Crippen LogP) is 3.91. The average molecular weight is 274 g/mol. The molecule has 1 atom stereocenters. The summed E-state index contributed by atoms with van der Waals surface area (Å²) in [6.45, 7) is 7.36. The Balaban J connectivity index is 2.11. The molecule has 0 bridgehead atoms. The largest absolute Gasteiger partial charge is 0.309 e. The van der Waals surface area contributed by atoms with Crippen LogP contribution in [0.3, 0.4) is 0 Å². The predicted molar refractivity (Wildman–Crippen MR) is 82.8 cm³/mol. The zero-order valence-corrected chi connectivity index (χ0v) is 12.8. The van der Waals surface area contributed by atoms with E-state index in [1.54, 1.807) is 11.3 Å². The molecule has 0 aliphatic carbocycles. The fourth-order valence-electron chi connectivity index (χ4n) is 2.21. The van der Waals surface area contributed by atoms with E-state index in [0.717, 1.165) is 24.4 Å². The first-order valence-electron chi connectivity index (χ1n) is 6.96. The summed E-state index contributed by atoms with van der Waals surface area (Å²) in [5.41, 5.74) is 3.94. The summed E-state index contributed by atoms with van der Waals surface area (Å²) < 4.78 is 0. The van der Waals surface area contributed by atoms with E-state index in [2.05, 4.69) is 60.7 Å². The molecule has 1 aromatic heterocycles. The lowest BCUT2D eigenvalue weighted by molar-refractivity contribution is 0.538. The van der Waals surface area contributed by atoms with Gasteiger partial charge in [-0.25, -0.2) is 4.98 Å². The molecule has 1 unspecified atom stereocenters. The van der Waals surface area contributed by atoms with Gasteiger partial charge in [0.25, 0.3) is 0 Å². The molecule has 1 heterocycles. The summed E-state index contributed by atoms with van der Waals surface area (Å²) in [6, 6.07) is 9.25. The van der Waals surface area contributed by atoms with Gasteiger partial charge in [-0.2, -0.15) is 0 Å². The Kier molecular flexibility index (Phi) is 5.11. The summed E-state index contributed by atoms with van der Waals surface area (Å²) in [5.74, 6) is 0. The molecular weight excluding hydrogens is 252 g/mol. The quantitative estimate of drug-likeness (QED) is 0.864. The number of benzene rings is 1. The fraction of sp³-hybridized carbons (Fsp3) is 0.438. The van der Waals surface area contributed by atoms with Gasteiger partial charge in [0.05, 0.1) is 16.7 Å². The molecule has 1 aromatic carbocycles. The molecule has 0 saturated heterocycles. The first kappa shape index (κ1) is 14.2. The third-order valence-electron chi connectivity index (χ3n) is 3.32. The van der Waals surface area contributed by atoms with Gasteiger partial charge in [-0.3, -0.25) is 0 Å². The van der Waals surface area contributed by atoms with Crippen LogP contribution in [-0.2, 0) is 12.8 Å². The second-order valence-corrected chi connectivity index (χ2v) is 5.84. The summed E-state index contributed by atoms with van der Waals surface area (Å²) in [7, 11) is 0.